The molecule has 2 rings (SSSR count). The first-order valence-electron chi connectivity index (χ1n) is 5.28. The Morgan fingerprint density at radius 1 is 1.41 bits per heavy atom. The number of nitrogens with zero attached hydrogens (tertiary/aromatic N) is 1. The molecule has 0 unspecified atom stereocenters. The van der Waals surface area contributed by atoms with Crippen molar-refractivity contribution in [3.63, 3.8) is 0 Å². The van der Waals surface area contributed by atoms with Gasteiger partial charge in [-0.25, -0.2) is 8.42 Å². The van der Waals surface area contributed by atoms with Crippen LogP contribution >= 0.6 is 0 Å². The van der Waals surface area contributed by atoms with Crippen LogP contribution < -0.4 is 4.31 Å². The van der Waals surface area contributed by atoms with E-state index >= 15 is 0 Å². The highest BCUT2D eigenvalue weighted by Crippen LogP contribution is 2.32. The molecule has 6 heteroatoms. The Hall–Kier alpha value is -1.56. The van der Waals surface area contributed by atoms with Gasteiger partial charge in [-0.3, -0.25) is 9.10 Å². The summed E-state index contributed by atoms with van der Waals surface area (Å²) >= 11 is 0. The molecule has 0 atom stereocenters. The molecule has 92 valence electrons. The van der Waals surface area contributed by atoms with Crippen LogP contribution in [0, 0.1) is 0 Å². The van der Waals surface area contributed by atoms with Crippen LogP contribution in [0.3, 0.4) is 0 Å². The standard InChI is InChI=1S/C11H13NO4S/c1-2-16-11(13)7-12-10-6-4-3-5-9(10)8-17(12,14)15/h3-6H,2,7-8H2,1H3. The Kier molecular flexibility index (Phi) is 3.06. The summed E-state index contributed by atoms with van der Waals surface area (Å²) in [5.41, 5.74) is 1.29. The molecule has 0 bridgehead atoms. The smallest absolute Gasteiger partial charge is 0.326 e. The summed E-state index contributed by atoms with van der Waals surface area (Å²) in [7, 11) is -3.43. The quantitative estimate of drug-likeness (QED) is 0.753. The van der Waals surface area contributed by atoms with Crippen LogP contribution in [0.15, 0.2) is 24.3 Å². The number of ether oxygens (including phenoxy) is 1. The summed E-state index contributed by atoms with van der Waals surface area (Å²) in [4.78, 5) is 11.4. The number of anilines is 1. The molecule has 1 aliphatic rings. The molecule has 17 heavy (non-hydrogen) atoms. The molecule has 1 aromatic rings. The lowest BCUT2D eigenvalue weighted by Gasteiger charge is -2.16. The number of carbonyl (C=O) groups is 1. The molecule has 1 heterocycles. The summed E-state index contributed by atoms with van der Waals surface area (Å²) < 4.78 is 29.6. The number of rotatable bonds is 3. The fourth-order valence-electron chi connectivity index (χ4n) is 1.81. The molecule has 0 saturated heterocycles. The summed E-state index contributed by atoms with van der Waals surface area (Å²) in [6.45, 7) is 1.67. The minimum absolute atomic E-state index is 0.0530. The number of hydrogen-bond acceptors (Lipinski definition) is 4. The second-order valence-electron chi connectivity index (χ2n) is 3.70. The van der Waals surface area contributed by atoms with Gasteiger partial charge in [0, 0.05) is 0 Å². The first-order valence-corrected chi connectivity index (χ1v) is 6.89. The van der Waals surface area contributed by atoms with E-state index in [0.29, 0.717) is 5.69 Å². The van der Waals surface area contributed by atoms with E-state index in [1.165, 1.54) is 0 Å². The van der Waals surface area contributed by atoms with Gasteiger partial charge in [-0.05, 0) is 18.6 Å². The third kappa shape index (κ3) is 2.26. The average Bonchev–Trinajstić information content (AvgIpc) is 2.51. The molecule has 1 aliphatic heterocycles. The summed E-state index contributed by atoms with van der Waals surface area (Å²) in [6, 6.07) is 6.97. The lowest BCUT2D eigenvalue weighted by Crippen LogP contribution is -2.33. The van der Waals surface area contributed by atoms with Gasteiger partial charge in [0.15, 0.2) is 0 Å². The molecule has 0 aliphatic carbocycles. The van der Waals surface area contributed by atoms with Crippen molar-refractivity contribution in [2.45, 2.75) is 12.7 Å². The van der Waals surface area contributed by atoms with Gasteiger partial charge in [-0.1, -0.05) is 18.2 Å². The zero-order valence-electron chi connectivity index (χ0n) is 9.42. The Labute approximate surface area is 100 Å². The van der Waals surface area contributed by atoms with Crippen molar-refractivity contribution in [1.82, 2.24) is 0 Å². The largest absolute Gasteiger partial charge is 0.465 e. The topological polar surface area (TPSA) is 63.7 Å². The minimum Gasteiger partial charge on any atom is -0.465 e. The average molecular weight is 255 g/mol. The van der Waals surface area contributed by atoms with Gasteiger partial charge < -0.3 is 4.74 Å². The number of benzene rings is 1. The van der Waals surface area contributed by atoms with Crippen LogP contribution in [0.1, 0.15) is 12.5 Å². The van der Waals surface area contributed by atoms with Gasteiger partial charge in [0.25, 0.3) is 0 Å². The van der Waals surface area contributed by atoms with Crippen molar-refractivity contribution >= 4 is 21.7 Å². The van der Waals surface area contributed by atoms with Crippen molar-refractivity contribution in [2.75, 3.05) is 17.5 Å². The molecule has 0 N–H and O–H groups in total. The van der Waals surface area contributed by atoms with Crippen molar-refractivity contribution in [1.29, 1.82) is 0 Å². The first kappa shape index (κ1) is 11.9. The lowest BCUT2D eigenvalue weighted by molar-refractivity contribution is -0.141. The number of sulfonamides is 1. The molecule has 0 amide bonds. The van der Waals surface area contributed by atoms with Gasteiger partial charge in [-0.2, -0.15) is 0 Å². The van der Waals surface area contributed by atoms with Crippen molar-refractivity contribution in [3.8, 4) is 0 Å². The van der Waals surface area contributed by atoms with Crippen LogP contribution in [0.4, 0.5) is 5.69 Å². The Balaban J connectivity index is 2.29. The van der Waals surface area contributed by atoms with E-state index in [1.807, 2.05) is 0 Å². The number of esters is 1. The molecule has 5 nitrogen and oxygen atoms in total. The second kappa shape index (κ2) is 4.37. The van der Waals surface area contributed by atoms with Gasteiger partial charge >= 0.3 is 5.97 Å². The zero-order chi connectivity index (χ0) is 12.5. The Morgan fingerprint density at radius 3 is 2.82 bits per heavy atom. The molecule has 0 radical (unpaired) electrons. The van der Waals surface area contributed by atoms with Gasteiger partial charge in [0.05, 0.1) is 18.0 Å². The fraction of sp³-hybridized carbons (Fsp3) is 0.364. The van der Waals surface area contributed by atoms with Crippen LogP contribution in [0.5, 0.6) is 0 Å². The predicted octanol–water partition coefficient (Wildman–Crippen LogP) is 0.900. The van der Waals surface area contributed by atoms with Crippen LogP contribution in [-0.4, -0.2) is 27.5 Å². The molecule has 0 saturated carbocycles. The van der Waals surface area contributed by atoms with Gasteiger partial charge in [0.1, 0.15) is 6.54 Å². The van der Waals surface area contributed by atoms with Crippen molar-refractivity contribution in [3.05, 3.63) is 29.8 Å². The number of hydrogen-bond donors (Lipinski definition) is 0. The maximum atomic E-state index is 11.9. The van der Waals surface area contributed by atoms with Crippen LogP contribution in [-0.2, 0) is 25.3 Å². The molecule has 0 spiro atoms. The lowest BCUT2D eigenvalue weighted by atomic mass is 10.2. The molecular weight excluding hydrogens is 242 g/mol. The third-order valence-electron chi connectivity index (χ3n) is 2.51. The minimum atomic E-state index is -3.43. The highest BCUT2D eigenvalue weighted by molar-refractivity contribution is 7.92. The second-order valence-corrected chi connectivity index (χ2v) is 5.59. The van der Waals surface area contributed by atoms with Crippen LogP contribution in [0.2, 0.25) is 0 Å². The van der Waals surface area contributed by atoms with E-state index in [2.05, 4.69) is 0 Å². The normalized spacial score (nSPS) is 16.6. The summed E-state index contributed by atoms with van der Waals surface area (Å²) in [6.07, 6.45) is 0. The van der Waals surface area contributed by atoms with E-state index in [0.717, 1.165) is 9.87 Å². The fourth-order valence-corrected chi connectivity index (χ4v) is 3.38. The zero-order valence-corrected chi connectivity index (χ0v) is 10.2. The third-order valence-corrected chi connectivity index (χ3v) is 4.19. The Bertz CT molecular complexity index is 538. The number of para-hydroxylation sites is 1. The number of fused-ring (bicyclic) bond motifs is 1. The van der Waals surface area contributed by atoms with E-state index in [1.54, 1.807) is 31.2 Å². The summed E-state index contributed by atoms with van der Waals surface area (Å²) in [5.74, 6) is -0.587. The van der Waals surface area contributed by atoms with E-state index in [-0.39, 0.29) is 18.9 Å². The highest BCUT2D eigenvalue weighted by Gasteiger charge is 2.34. The van der Waals surface area contributed by atoms with Crippen molar-refractivity contribution in [2.24, 2.45) is 0 Å². The predicted molar refractivity (Wildman–Crippen MR) is 63.0 cm³/mol. The van der Waals surface area contributed by atoms with Gasteiger partial charge in [-0.15, -0.1) is 0 Å². The molecule has 1 aromatic carbocycles. The monoisotopic (exact) mass is 255 g/mol. The van der Waals surface area contributed by atoms with E-state index < -0.39 is 16.0 Å². The van der Waals surface area contributed by atoms with Crippen molar-refractivity contribution < 1.29 is 17.9 Å². The summed E-state index contributed by atoms with van der Waals surface area (Å²) in [5, 5.41) is 0. The maximum Gasteiger partial charge on any atom is 0.326 e. The molecule has 0 fully saturated rings. The Morgan fingerprint density at radius 2 is 2.12 bits per heavy atom. The van der Waals surface area contributed by atoms with Crippen LogP contribution in [0.25, 0.3) is 0 Å². The number of carbonyl (C=O) groups excluding carboxylic acids is 1. The van der Waals surface area contributed by atoms with E-state index in [9.17, 15) is 13.2 Å². The SMILES string of the molecule is CCOC(=O)CN1c2ccccc2CS1(=O)=O. The van der Waals surface area contributed by atoms with E-state index in [4.69, 9.17) is 4.74 Å². The molecule has 0 aromatic heterocycles. The first-order chi connectivity index (χ1) is 8.04. The highest BCUT2D eigenvalue weighted by atomic mass is 32.2. The van der Waals surface area contributed by atoms with Gasteiger partial charge in [0.2, 0.25) is 10.0 Å². The molecular formula is C11H13NO4S. The maximum absolute atomic E-state index is 11.9.